The van der Waals surface area contributed by atoms with Crippen LogP contribution < -0.4 is 0 Å². The molecule has 2 bridgehead atoms. The largest absolute Gasteiger partial charge is 0.392 e. The summed E-state index contributed by atoms with van der Waals surface area (Å²) in [7, 11) is 0. The molecule has 3 aliphatic rings. The lowest BCUT2D eigenvalue weighted by atomic mass is 9.80. The minimum atomic E-state index is -0.436. The van der Waals surface area contributed by atoms with Crippen LogP contribution in [0.2, 0.25) is 0 Å². The van der Waals surface area contributed by atoms with Gasteiger partial charge in [-0.15, -0.1) is 0 Å². The third kappa shape index (κ3) is 0.822. The minimum Gasteiger partial charge on any atom is -0.392 e. The van der Waals surface area contributed by atoms with E-state index in [1.165, 1.54) is 5.56 Å². The first-order valence-electron chi connectivity index (χ1n) is 6.01. The summed E-state index contributed by atoms with van der Waals surface area (Å²) in [5.74, 6) is 0.746. The third-order valence-corrected chi connectivity index (χ3v) is 4.96. The Morgan fingerprint density at radius 2 is 1.94 bits per heavy atom. The third-order valence-electron chi connectivity index (χ3n) is 4.96. The van der Waals surface area contributed by atoms with Crippen molar-refractivity contribution in [3.05, 3.63) is 35.9 Å². The zero-order valence-electron chi connectivity index (χ0n) is 8.97. The summed E-state index contributed by atoms with van der Waals surface area (Å²) in [6.07, 6.45) is 1.50. The van der Waals surface area contributed by atoms with E-state index in [0.717, 1.165) is 12.8 Å². The van der Waals surface area contributed by atoms with Gasteiger partial charge in [-0.25, -0.2) is 0 Å². The van der Waals surface area contributed by atoms with Crippen molar-refractivity contribution < 1.29 is 9.90 Å². The fourth-order valence-electron chi connectivity index (χ4n) is 4.22. The molecule has 3 saturated carbocycles. The number of fused-ring (bicyclic) bond motifs is 1. The fourth-order valence-corrected chi connectivity index (χ4v) is 4.22. The highest BCUT2D eigenvalue weighted by atomic mass is 16.3. The van der Waals surface area contributed by atoms with E-state index in [-0.39, 0.29) is 23.2 Å². The van der Waals surface area contributed by atoms with E-state index in [1.807, 2.05) is 18.2 Å². The molecule has 0 radical (unpaired) electrons. The smallest absolute Gasteiger partial charge is 0.142 e. The standard InChI is InChI=1S/C14H14O2/c15-12-9-6-14(7-10(12)14)11(13(9)16)8-4-2-1-3-5-8/h1-5,9-11,13,16H,6-7H2. The highest BCUT2D eigenvalue weighted by Gasteiger charge is 2.76. The molecular formula is C14H14O2. The van der Waals surface area contributed by atoms with Gasteiger partial charge in [-0.05, 0) is 23.8 Å². The SMILES string of the molecule is O=C1C2CC3(CC13)C(c1ccccc1)C2O. The second kappa shape index (κ2) is 2.57. The summed E-state index contributed by atoms with van der Waals surface area (Å²) in [5.41, 5.74) is 1.36. The number of carbonyl (C=O) groups is 1. The van der Waals surface area contributed by atoms with Crippen molar-refractivity contribution in [1.82, 2.24) is 0 Å². The average molecular weight is 214 g/mol. The maximum atomic E-state index is 11.8. The van der Waals surface area contributed by atoms with Gasteiger partial charge in [0.25, 0.3) is 0 Å². The first-order valence-corrected chi connectivity index (χ1v) is 6.01. The molecule has 1 aromatic carbocycles. The normalized spacial score (nSPS) is 48.2. The van der Waals surface area contributed by atoms with Crippen LogP contribution in [0.1, 0.15) is 24.3 Å². The van der Waals surface area contributed by atoms with Gasteiger partial charge in [0.05, 0.1) is 6.10 Å². The van der Waals surface area contributed by atoms with Crippen molar-refractivity contribution in [2.24, 2.45) is 17.3 Å². The highest BCUT2D eigenvalue weighted by Crippen LogP contribution is 2.76. The summed E-state index contributed by atoms with van der Waals surface area (Å²) in [4.78, 5) is 11.8. The molecule has 1 aromatic rings. The molecule has 0 saturated heterocycles. The first-order chi connectivity index (χ1) is 7.74. The summed E-state index contributed by atoms with van der Waals surface area (Å²) >= 11 is 0. The molecule has 0 aliphatic heterocycles. The number of aliphatic hydroxyl groups excluding tert-OH is 1. The molecule has 1 N–H and O–H groups in total. The Hall–Kier alpha value is -1.15. The van der Waals surface area contributed by atoms with E-state index in [9.17, 15) is 9.90 Å². The van der Waals surface area contributed by atoms with Crippen molar-refractivity contribution in [2.75, 3.05) is 0 Å². The molecular weight excluding hydrogens is 200 g/mol. The Balaban J connectivity index is 1.80. The van der Waals surface area contributed by atoms with Gasteiger partial charge in [-0.3, -0.25) is 4.79 Å². The second-order valence-electron chi connectivity index (χ2n) is 5.58. The van der Waals surface area contributed by atoms with Gasteiger partial charge in [0.2, 0.25) is 0 Å². The van der Waals surface area contributed by atoms with Crippen LogP contribution in [0.3, 0.4) is 0 Å². The molecule has 2 heteroatoms. The minimum absolute atomic E-state index is 0.0658. The molecule has 2 nitrogen and oxygen atoms in total. The van der Waals surface area contributed by atoms with E-state index >= 15 is 0 Å². The number of ketones is 1. The van der Waals surface area contributed by atoms with Crippen LogP contribution in [0.15, 0.2) is 30.3 Å². The maximum Gasteiger partial charge on any atom is 0.142 e. The predicted octanol–water partition coefficient (Wildman–Crippen LogP) is 1.74. The monoisotopic (exact) mass is 214 g/mol. The zero-order chi connectivity index (χ0) is 10.9. The van der Waals surface area contributed by atoms with Crippen LogP contribution in [-0.4, -0.2) is 17.0 Å². The molecule has 3 aliphatic carbocycles. The van der Waals surface area contributed by atoms with Crippen molar-refractivity contribution in [1.29, 1.82) is 0 Å². The van der Waals surface area contributed by atoms with Gasteiger partial charge in [0.1, 0.15) is 5.78 Å². The Morgan fingerprint density at radius 1 is 1.19 bits per heavy atom. The number of Topliss-reactive ketones (excluding diaryl/α,β-unsaturated/α-hetero) is 1. The van der Waals surface area contributed by atoms with Crippen molar-refractivity contribution in [3.8, 4) is 0 Å². The van der Waals surface area contributed by atoms with Crippen molar-refractivity contribution >= 4 is 5.78 Å². The average Bonchev–Trinajstić information content (AvgIpc) is 2.86. The number of carbonyl (C=O) groups excluding carboxylic acids is 1. The Morgan fingerprint density at radius 3 is 2.62 bits per heavy atom. The van der Waals surface area contributed by atoms with E-state index in [0.29, 0.717) is 5.78 Å². The van der Waals surface area contributed by atoms with Gasteiger partial charge in [0.15, 0.2) is 0 Å². The van der Waals surface area contributed by atoms with Gasteiger partial charge < -0.3 is 5.11 Å². The van der Waals surface area contributed by atoms with Gasteiger partial charge in [0, 0.05) is 17.8 Å². The van der Waals surface area contributed by atoms with Crippen LogP contribution in [0.5, 0.6) is 0 Å². The lowest BCUT2D eigenvalue weighted by Gasteiger charge is -2.26. The topological polar surface area (TPSA) is 37.3 Å². The molecule has 4 rings (SSSR count). The molecule has 5 atom stereocenters. The lowest BCUT2D eigenvalue weighted by molar-refractivity contribution is -0.126. The van der Waals surface area contributed by atoms with Crippen LogP contribution in [0, 0.1) is 17.3 Å². The first kappa shape index (κ1) is 8.94. The second-order valence-corrected chi connectivity index (χ2v) is 5.58. The van der Waals surface area contributed by atoms with Crippen LogP contribution >= 0.6 is 0 Å². The maximum absolute atomic E-state index is 11.8. The van der Waals surface area contributed by atoms with E-state index in [4.69, 9.17) is 0 Å². The van der Waals surface area contributed by atoms with E-state index < -0.39 is 6.10 Å². The quantitative estimate of drug-likeness (QED) is 0.773. The number of rotatable bonds is 1. The zero-order valence-corrected chi connectivity index (χ0v) is 8.97. The van der Waals surface area contributed by atoms with Crippen molar-refractivity contribution in [2.45, 2.75) is 24.9 Å². The highest BCUT2D eigenvalue weighted by molar-refractivity contribution is 5.93. The molecule has 0 aromatic heterocycles. The molecule has 5 unspecified atom stereocenters. The Bertz CT molecular complexity index is 467. The molecule has 82 valence electrons. The van der Waals surface area contributed by atoms with Gasteiger partial charge in [-0.1, -0.05) is 30.3 Å². The molecule has 16 heavy (non-hydrogen) atoms. The Kier molecular flexibility index (Phi) is 1.43. The Labute approximate surface area is 94.3 Å². The molecule has 1 spiro atoms. The summed E-state index contributed by atoms with van der Waals surface area (Å²) in [5, 5.41) is 10.3. The molecule has 0 amide bonds. The molecule has 3 fully saturated rings. The molecule has 0 heterocycles. The van der Waals surface area contributed by atoms with E-state index in [2.05, 4.69) is 12.1 Å². The summed E-state index contributed by atoms with van der Waals surface area (Å²) < 4.78 is 0. The van der Waals surface area contributed by atoms with E-state index in [1.54, 1.807) is 0 Å². The summed E-state index contributed by atoms with van der Waals surface area (Å²) in [6, 6.07) is 10.2. The number of benzene rings is 1. The van der Waals surface area contributed by atoms with Crippen LogP contribution in [0.25, 0.3) is 0 Å². The van der Waals surface area contributed by atoms with Gasteiger partial charge >= 0.3 is 0 Å². The number of hydrogen-bond donors (Lipinski definition) is 1. The fraction of sp³-hybridized carbons (Fsp3) is 0.500. The number of hydrogen-bond acceptors (Lipinski definition) is 2. The van der Waals surface area contributed by atoms with Gasteiger partial charge in [-0.2, -0.15) is 0 Å². The van der Waals surface area contributed by atoms with Crippen LogP contribution in [0.4, 0.5) is 0 Å². The predicted molar refractivity (Wildman–Crippen MR) is 58.8 cm³/mol. The van der Waals surface area contributed by atoms with Crippen LogP contribution in [-0.2, 0) is 4.79 Å². The number of aliphatic hydroxyl groups is 1. The summed E-state index contributed by atoms with van der Waals surface area (Å²) in [6.45, 7) is 0. The lowest BCUT2D eigenvalue weighted by Crippen LogP contribution is -2.32. The van der Waals surface area contributed by atoms with Crippen molar-refractivity contribution in [3.63, 3.8) is 0 Å².